The molecule has 0 amide bonds. The van der Waals surface area contributed by atoms with Crippen molar-refractivity contribution in [3.63, 3.8) is 0 Å². The number of hydrogen-bond acceptors (Lipinski definition) is 5. The molecule has 0 fully saturated rings. The molecule has 7 heteroatoms. The highest BCUT2D eigenvalue weighted by Crippen LogP contribution is 2.18. The summed E-state index contributed by atoms with van der Waals surface area (Å²) in [6.07, 6.45) is 1.49. The van der Waals surface area contributed by atoms with Crippen LogP contribution in [0.5, 0.6) is 0 Å². The number of halogens is 1. The molecule has 1 unspecified atom stereocenters. The number of methoxy groups -OCH3 is 1. The van der Waals surface area contributed by atoms with Gasteiger partial charge in [-0.05, 0) is 5.92 Å². The number of nitrogens with one attached hydrogen (secondary N) is 1. The van der Waals surface area contributed by atoms with Crippen molar-refractivity contribution in [3.8, 4) is 0 Å². The Balaban J connectivity index is 2.93. The number of nitrogens with zero attached hydrogens (tertiary/aromatic N) is 2. The first-order valence-corrected chi connectivity index (χ1v) is 6.51. The van der Waals surface area contributed by atoms with Crippen LogP contribution in [0.25, 0.3) is 0 Å². The van der Waals surface area contributed by atoms with Gasteiger partial charge in [0.1, 0.15) is 5.02 Å². The molecule has 0 radical (unpaired) electrons. The van der Waals surface area contributed by atoms with Crippen molar-refractivity contribution in [2.24, 2.45) is 5.92 Å². The van der Waals surface area contributed by atoms with Gasteiger partial charge in [0.25, 0.3) is 5.56 Å². The molecular weight excluding hydrogens is 270 g/mol. The molecule has 0 aliphatic heterocycles. The zero-order valence-electron chi connectivity index (χ0n) is 11.4. The molecule has 1 aromatic heterocycles. The van der Waals surface area contributed by atoms with Crippen molar-refractivity contribution in [1.82, 2.24) is 9.78 Å². The van der Waals surface area contributed by atoms with E-state index in [2.05, 4.69) is 10.4 Å². The fourth-order valence-corrected chi connectivity index (χ4v) is 1.73. The molecule has 19 heavy (non-hydrogen) atoms. The van der Waals surface area contributed by atoms with Gasteiger partial charge in [-0.15, -0.1) is 0 Å². The molecule has 0 aromatic carbocycles. The summed E-state index contributed by atoms with van der Waals surface area (Å²) in [6, 6.07) is -0.173. The van der Waals surface area contributed by atoms with E-state index < -0.39 is 0 Å². The van der Waals surface area contributed by atoms with Gasteiger partial charge in [0.15, 0.2) is 0 Å². The zero-order valence-corrected chi connectivity index (χ0v) is 12.1. The molecule has 0 aliphatic carbocycles. The molecule has 1 heterocycles. The minimum atomic E-state index is -0.371. The molecule has 0 spiro atoms. The van der Waals surface area contributed by atoms with Crippen LogP contribution in [0.2, 0.25) is 5.02 Å². The third kappa shape index (κ3) is 4.19. The van der Waals surface area contributed by atoms with Crippen molar-refractivity contribution >= 4 is 17.3 Å². The van der Waals surface area contributed by atoms with E-state index in [4.69, 9.17) is 16.3 Å². The Kier molecular flexibility index (Phi) is 6.27. The minimum absolute atomic E-state index is 0.0409. The number of anilines is 1. The predicted octanol–water partition coefficient (Wildman–Crippen LogP) is 0.972. The van der Waals surface area contributed by atoms with Crippen molar-refractivity contribution < 1.29 is 9.84 Å². The van der Waals surface area contributed by atoms with Crippen LogP contribution in [-0.2, 0) is 11.3 Å². The molecule has 0 aliphatic rings. The SMILES string of the molecule is COCCn1ncc(NC(CO)C(C)C)c(Cl)c1=O. The quantitative estimate of drug-likeness (QED) is 0.782. The number of aliphatic hydroxyl groups is 1. The van der Waals surface area contributed by atoms with Gasteiger partial charge in [0.05, 0.1) is 37.7 Å². The van der Waals surface area contributed by atoms with E-state index in [1.165, 1.54) is 10.9 Å². The first-order chi connectivity index (χ1) is 9.01. The molecule has 0 saturated carbocycles. The topological polar surface area (TPSA) is 76.4 Å². The van der Waals surface area contributed by atoms with E-state index in [1.54, 1.807) is 7.11 Å². The summed E-state index contributed by atoms with van der Waals surface area (Å²) in [5.74, 6) is 0.206. The number of aliphatic hydroxyl groups excluding tert-OH is 1. The summed E-state index contributed by atoms with van der Waals surface area (Å²) in [7, 11) is 1.55. The predicted molar refractivity (Wildman–Crippen MR) is 74.7 cm³/mol. The van der Waals surface area contributed by atoms with E-state index in [0.717, 1.165) is 0 Å². The summed E-state index contributed by atoms with van der Waals surface area (Å²) in [4.78, 5) is 11.9. The summed E-state index contributed by atoms with van der Waals surface area (Å²) in [5, 5.41) is 16.4. The summed E-state index contributed by atoms with van der Waals surface area (Å²) < 4.78 is 6.14. The van der Waals surface area contributed by atoms with Crippen molar-refractivity contribution in [2.75, 3.05) is 25.6 Å². The van der Waals surface area contributed by atoms with Gasteiger partial charge in [0.2, 0.25) is 0 Å². The first-order valence-electron chi connectivity index (χ1n) is 6.13. The molecule has 108 valence electrons. The zero-order chi connectivity index (χ0) is 14.4. The number of aromatic nitrogens is 2. The highest BCUT2D eigenvalue weighted by molar-refractivity contribution is 6.32. The lowest BCUT2D eigenvalue weighted by Gasteiger charge is -2.21. The summed E-state index contributed by atoms with van der Waals surface area (Å²) in [6.45, 7) is 4.63. The van der Waals surface area contributed by atoms with Crippen LogP contribution in [-0.4, -0.2) is 41.3 Å². The van der Waals surface area contributed by atoms with Crippen LogP contribution in [0.4, 0.5) is 5.69 Å². The Hall–Kier alpha value is -1.11. The van der Waals surface area contributed by atoms with Crippen LogP contribution in [0.3, 0.4) is 0 Å². The Bertz CT molecular complexity index is 462. The monoisotopic (exact) mass is 289 g/mol. The molecule has 0 bridgehead atoms. The van der Waals surface area contributed by atoms with Gasteiger partial charge in [-0.2, -0.15) is 5.10 Å². The lowest BCUT2D eigenvalue weighted by atomic mass is 10.1. The molecule has 1 aromatic rings. The fraction of sp³-hybridized carbons (Fsp3) is 0.667. The maximum Gasteiger partial charge on any atom is 0.287 e. The fourth-order valence-electron chi connectivity index (χ4n) is 1.53. The molecular formula is C12H20ClN3O3. The first kappa shape index (κ1) is 15.9. The standard InChI is InChI=1S/C12H20ClN3O3/c1-8(2)10(7-17)15-9-6-14-16(4-5-19-3)12(18)11(9)13/h6,8,10,15,17H,4-5,7H2,1-3H3. The lowest BCUT2D eigenvalue weighted by molar-refractivity contribution is 0.182. The van der Waals surface area contributed by atoms with Crippen LogP contribution >= 0.6 is 11.6 Å². The van der Waals surface area contributed by atoms with Crippen molar-refractivity contribution in [2.45, 2.75) is 26.4 Å². The van der Waals surface area contributed by atoms with Crippen molar-refractivity contribution in [1.29, 1.82) is 0 Å². The Morgan fingerprint density at radius 1 is 1.58 bits per heavy atom. The Morgan fingerprint density at radius 3 is 2.79 bits per heavy atom. The Labute approximate surface area is 117 Å². The second kappa shape index (κ2) is 7.47. The molecule has 2 N–H and O–H groups in total. The number of rotatable bonds is 7. The van der Waals surface area contributed by atoms with Gasteiger partial charge >= 0.3 is 0 Å². The van der Waals surface area contributed by atoms with E-state index in [1.807, 2.05) is 13.8 Å². The molecule has 1 atom stereocenters. The summed E-state index contributed by atoms with van der Waals surface area (Å²) in [5.41, 5.74) is 0.0669. The van der Waals surface area contributed by atoms with Crippen LogP contribution in [0, 0.1) is 5.92 Å². The lowest BCUT2D eigenvalue weighted by Crippen LogP contribution is -2.32. The van der Waals surface area contributed by atoms with Crippen LogP contribution in [0.15, 0.2) is 11.0 Å². The van der Waals surface area contributed by atoms with E-state index in [0.29, 0.717) is 18.8 Å². The van der Waals surface area contributed by atoms with Gasteiger partial charge in [0, 0.05) is 7.11 Å². The van der Waals surface area contributed by atoms with Crippen LogP contribution in [0.1, 0.15) is 13.8 Å². The van der Waals surface area contributed by atoms with Crippen molar-refractivity contribution in [3.05, 3.63) is 21.6 Å². The second-order valence-electron chi connectivity index (χ2n) is 4.57. The molecule has 0 saturated heterocycles. The molecule has 6 nitrogen and oxygen atoms in total. The van der Waals surface area contributed by atoms with Gasteiger partial charge < -0.3 is 15.2 Å². The highest BCUT2D eigenvalue weighted by atomic mass is 35.5. The third-order valence-electron chi connectivity index (χ3n) is 2.83. The van der Waals surface area contributed by atoms with Gasteiger partial charge in [-0.1, -0.05) is 25.4 Å². The second-order valence-corrected chi connectivity index (χ2v) is 4.95. The number of ether oxygens (including phenoxy) is 1. The van der Waals surface area contributed by atoms with Crippen LogP contribution < -0.4 is 10.9 Å². The van der Waals surface area contributed by atoms with E-state index in [9.17, 15) is 9.90 Å². The smallest absolute Gasteiger partial charge is 0.287 e. The Morgan fingerprint density at radius 2 is 2.26 bits per heavy atom. The largest absolute Gasteiger partial charge is 0.394 e. The average Bonchev–Trinajstić information content (AvgIpc) is 2.39. The van der Waals surface area contributed by atoms with Gasteiger partial charge in [-0.3, -0.25) is 4.79 Å². The average molecular weight is 290 g/mol. The maximum absolute atomic E-state index is 11.9. The third-order valence-corrected chi connectivity index (χ3v) is 3.20. The van der Waals surface area contributed by atoms with Gasteiger partial charge in [-0.25, -0.2) is 4.68 Å². The molecule has 1 rings (SSSR count). The van der Waals surface area contributed by atoms with E-state index in [-0.39, 0.29) is 29.1 Å². The number of hydrogen-bond donors (Lipinski definition) is 2. The normalized spacial score (nSPS) is 12.7. The summed E-state index contributed by atoms with van der Waals surface area (Å²) >= 11 is 6.02. The maximum atomic E-state index is 11.9. The minimum Gasteiger partial charge on any atom is -0.394 e. The highest BCUT2D eigenvalue weighted by Gasteiger charge is 2.16. The van der Waals surface area contributed by atoms with E-state index >= 15 is 0 Å².